The summed E-state index contributed by atoms with van der Waals surface area (Å²) in [6.45, 7) is 4.42. The normalized spacial score (nSPS) is 12.6. The number of allylic oxidation sites excluding steroid dienone is 1. The Hall–Kier alpha value is -2.86. The molecule has 0 saturated carbocycles. The van der Waals surface area contributed by atoms with E-state index in [1.165, 1.54) is 5.56 Å². The van der Waals surface area contributed by atoms with E-state index in [1.807, 2.05) is 55.5 Å². The van der Waals surface area contributed by atoms with E-state index in [2.05, 4.69) is 25.1 Å². The first kappa shape index (κ1) is 20.5. The van der Waals surface area contributed by atoms with Crippen LogP contribution in [0.2, 0.25) is 0 Å². The van der Waals surface area contributed by atoms with Crippen LogP contribution in [0.1, 0.15) is 56.6 Å². The molecule has 0 aliphatic heterocycles. The van der Waals surface area contributed by atoms with Gasteiger partial charge in [-0.1, -0.05) is 80.9 Å². The molecule has 2 aromatic rings. The van der Waals surface area contributed by atoms with Crippen LogP contribution >= 0.6 is 0 Å². The van der Waals surface area contributed by atoms with Crippen molar-refractivity contribution < 1.29 is 9.53 Å². The van der Waals surface area contributed by atoms with Crippen LogP contribution in [0.25, 0.3) is 5.57 Å². The van der Waals surface area contributed by atoms with Gasteiger partial charge in [0, 0.05) is 0 Å². The average Bonchev–Trinajstić information content (AvgIpc) is 2.72. The molecular formula is C24H27NO2. The van der Waals surface area contributed by atoms with Crippen molar-refractivity contribution in [2.75, 3.05) is 6.61 Å². The highest BCUT2D eigenvalue weighted by molar-refractivity contribution is 6.01. The maximum absolute atomic E-state index is 12.5. The van der Waals surface area contributed by atoms with Crippen LogP contribution in [-0.2, 0) is 9.53 Å². The zero-order valence-electron chi connectivity index (χ0n) is 16.2. The van der Waals surface area contributed by atoms with E-state index in [1.54, 1.807) is 0 Å². The maximum atomic E-state index is 12.5. The fourth-order valence-corrected chi connectivity index (χ4v) is 3.32. The van der Waals surface area contributed by atoms with Gasteiger partial charge in [0.2, 0.25) is 0 Å². The van der Waals surface area contributed by atoms with Crippen molar-refractivity contribution in [2.24, 2.45) is 0 Å². The zero-order valence-corrected chi connectivity index (χ0v) is 16.2. The Morgan fingerprint density at radius 3 is 2.19 bits per heavy atom. The fourth-order valence-electron chi connectivity index (χ4n) is 3.32. The Kier molecular flexibility index (Phi) is 8.32. The van der Waals surface area contributed by atoms with Crippen molar-refractivity contribution in [1.29, 1.82) is 5.26 Å². The van der Waals surface area contributed by atoms with Crippen LogP contribution in [0.15, 0.2) is 66.2 Å². The maximum Gasteiger partial charge on any atom is 0.349 e. The van der Waals surface area contributed by atoms with E-state index < -0.39 is 5.97 Å². The third kappa shape index (κ3) is 5.82. The number of ether oxygens (including phenoxy) is 1. The Balaban J connectivity index is 2.06. The summed E-state index contributed by atoms with van der Waals surface area (Å²) in [4.78, 5) is 12.5. The molecular weight excluding hydrogens is 334 g/mol. The summed E-state index contributed by atoms with van der Waals surface area (Å²) in [6, 6.07) is 21.9. The lowest BCUT2D eigenvalue weighted by Gasteiger charge is -2.17. The second-order valence-electron chi connectivity index (χ2n) is 6.51. The van der Waals surface area contributed by atoms with Gasteiger partial charge in [-0.05, 0) is 41.9 Å². The van der Waals surface area contributed by atoms with E-state index in [-0.39, 0.29) is 5.57 Å². The van der Waals surface area contributed by atoms with E-state index in [0.717, 1.165) is 30.4 Å². The number of nitriles is 1. The molecule has 1 unspecified atom stereocenters. The number of hydrogen-bond donors (Lipinski definition) is 0. The SMILES string of the molecule is CCCC(CCOC(=O)C(C#N)=C(CC)c1ccccc1)c1ccccc1. The van der Waals surface area contributed by atoms with E-state index in [4.69, 9.17) is 4.74 Å². The summed E-state index contributed by atoms with van der Waals surface area (Å²) < 4.78 is 5.48. The number of nitrogens with zero attached hydrogens (tertiary/aromatic N) is 1. The van der Waals surface area contributed by atoms with E-state index >= 15 is 0 Å². The quantitative estimate of drug-likeness (QED) is 0.318. The number of hydrogen-bond acceptors (Lipinski definition) is 3. The largest absolute Gasteiger partial charge is 0.462 e. The molecule has 27 heavy (non-hydrogen) atoms. The molecule has 0 aliphatic carbocycles. The Labute approximate surface area is 162 Å². The highest BCUT2D eigenvalue weighted by Crippen LogP contribution is 2.26. The van der Waals surface area contributed by atoms with Gasteiger partial charge in [-0.2, -0.15) is 5.26 Å². The second-order valence-corrected chi connectivity index (χ2v) is 6.51. The van der Waals surface area contributed by atoms with Crippen molar-refractivity contribution >= 4 is 11.5 Å². The predicted molar refractivity (Wildman–Crippen MR) is 109 cm³/mol. The van der Waals surface area contributed by atoms with Crippen LogP contribution in [0.4, 0.5) is 0 Å². The van der Waals surface area contributed by atoms with Crippen molar-refractivity contribution in [3.63, 3.8) is 0 Å². The molecule has 1 atom stereocenters. The Bertz CT molecular complexity index is 788. The van der Waals surface area contributed by atoms with Crippen molar-refractivity contribution in [3.05, 3.63) is 77.4 Å². The molecule has 3 heteroatoms. The van der Waals surface area contributed by atoms with E-state index in [9.17, 15) is 10.1 Å². The molecule has 0 fully saturated rings. The fraction of sp³-hybridized carbons (Fsp3) is 0.333. The molecule has 0 N–H and O–H groups in total. The monoisotopic (exact) mass is 361 g/mol. The standard InChI is InChI=1S/C24H27NO2/c1-3-11-19(20-12-7-5-8-13-20)16-17-27-24(26)23(18-25)22(4-2)21-14-9-6-10-15-21/h5-10,12-15,19H,3-4,11,16-17H2,1-2H3. The van der Waals surface area contributed by atoms with Gasteiger partial charge in [0.05, 0.1) is 6.61 Å². The second kappa shape index (κ2) is 11.0. The van der Waals surface area contributed by atoms with Crippen LogP contribution in [0, 0.1) is 11.3 Å². The molecule has 0 saturated heterocycles. The highest BCUT2D eigenvalue weighted by atomic mass is 16.5. The highest BCUT2D eigenvalue weighted by Gasteiger charge is 2.18. The lowest BCUT2D eigenvalue weighted by Crippen LogP contribution is -2.12. The van der Waals surface area contributed by atoms with Gasteiger partial charge in [-0.25, -0.2) is 4.79 Å². The summed E-state index contributed by atoms with van der Waals surface area (Å²) in [5, 5.41) is 9.52. The molecule has 0 radical (unpaired) electrons. The first-order chi connectivity index (χ1) is 13.2. The van der Waals surface area contributed by atoms with Gasteiger partial charge in [0.15, 0.2) is 0 Å². The van der Waals surface area contributed by atoms with E-state index in [0.29, 0.717) is 18.9 Å². The van der Waals surface area contributed by atoms with Gasteiger partial charge in [-0.3, -0.25) is 0 Å². The molecule has 0 bridgehead atoms. The lowest BCUT2D eigenvalue weighted by atomic mass is 9.92. The predicted octanol–water partition coefficient (Wildman–Crippen LogP) is 5.89. The molecule has 0 spiro atoms. The lowest BCUT2D eigenvalue weighted by molar-refractivity contribution is -0.138. The van der Waals surface area contributed by atoms with Crippen LogP contribution in [0.3, 0.4) is 0 Å². The van der Waals surface area contributed by atoms with Gasteiger partial charge in [-0.15, -0.1) is 0 Å². The molecule has 140 valence electrons. The first-order valence-electron chi connectivity index (χ1n) is 9.61. The molecule has 3 nitrogen and oxygen atoms in total. The van der Waals surface area contributed by atoms with Crippen molar-refractivity contribution in [2.45, 2.75) is 45.4 Å². The molecule has 0 aliphatic rings. The summed E-state index contributed by atoms with van der Waals surface area (Å²) in [6.07, 6.45) is 3.48. The van der Waals surface area contributed by atoms with Gasteiger partial charge in [0.25, 0.3) is 0 Å². The molecule has 0 amide bonds. The summed E-state index contributed by atoms with van der Waals surface area (Å²) in [7, 11) is 0. The van der Waals surface area contributed by atoms with Crippen LogP contribution < -0.4 is 0 Å². The van der Waals surface area contributed by atoms with Crippen molar-refractivity contribution in [1.82, 2.24) is 0 Å². The third-order valence-electron chi connectivity index (χ3n) is 4.70. The Morgan fingerprint density at radius 2 is 1.63 bits per heavy atom. The number of rotatable bonds is 9. The minimum absolute atomic E-state index is 0.107. The molecule has 2 rings (SSSR count). The van der Waals surface area contributed by atoms with Crippen LogP contribution in [0.5, 0.6) is 0 Å². The third-order valence-corrected chi connectivity index (χ3v) is 4.70. The van der Waals surface area contributed by atoms with Gasteiger partial charge >= 0.3 is 5.97 Å². The van der Waals surface area contributed by atoms with Gasteiger partial charge in [0.1, 0.15) is 11.6 Å². The molecule has 0 aromatic heterocycles. The Morgan fingerprint density at radius 1 is 1.00 bits per heavy atom. The molecule has 0 heterocycles. The summed E-state index contributed by atoms with van der Waals surface area (Å²) in [5.74, 6) is -0.167. The zero-order chi connectivity index (χ0) is 19.5. The average molecular weight is 361 g/mol. The minimum atomic E-state index is -0.526. The van der Waals surface area contributed by atoms with Crippen molar-refractivity contribution in [3.8, 4) is 6.07 Å². The summed E-state index contributed by atoms with van der Waals surface area (Å²) >= 11 is 0. The number of carbonyl (C=O) groups excluding carboxylic acids is 1. The van der Waals surface area contributed by atoms with Crippen LogP contribution in [-0.4, -0.2) is 12.6 Å². The number of carbonyl (C=O) groups is 1. The first-order valence-corrected chi connectivity index (χ1v) is 9.61. The van der Waals surface area contributed by atoms with Gasteiger partial charge < -0.3 is 4.74 Å². The molecule has 2 aromatic carbocycles. The number of benzene rings is 2. The summed E-state index contributed by atoms with van der Waals surface area (Å²) in [5.41, 5.74) is 3.00. The minimum Gasteiger partial charge on any atom is -0.462 e. The number of esters is 1. The smallest absolute Gasteiger partial charge is 0.349 e. The topological polar surface area (TPSA) is 50.1 Å².